The lowest BCUT2D eigenvalue weighted by molar-refractivity contribution is 1.05. The molecule has 1 N–H and O–H groups in total. The van der Waals surface area contributed by atoms with Crippen molar-refractivity contribution in [3.8, 4) is 11.1 Å². The van der Waals surface area contributed by atoms with E-state index in [0.29, 0.717) is 0 Å². The van der Waals surface area contributed by atoms with Gasteiger partial charge >= 0.3 is 0 Å². The number of H-pyrrole nitrogens is 1. The van der Waals surface area contributed by atoms with Crippen LogP contribution in [0.15, 0.2) is 21.4 Å². The Hall–Kier alpha value is -0.610. The fourth-order valence-electron chi connectivity index (χ4n) is 1.10. The molecule has 0 aromatic carbocycles. The van der Waals surface area contributed by atoms with Gasteiger partial charge in [-0.25, -0.2) is 0 Å². The highest BCUT2D eigenvalue weighted by Crippen LogP contribution is 2.32. The van der Waals surface area contributed by atoms with Gasteiger partial charge in [0.05, 0.1) is 6.20 Å². The molecule has 2 aromatic heterocycles. The van der Waals surface area contributed by atoms with E-state index in [1.165, 1.54) is 11.1 Å². The van der Waals surface area contributed by atoms with Gasteiger partial charge in [0.25, 0.3) is 0 Å². The Morgan fingerprint density at radius 3 is 2.75 bits per heavy atom. The standard InChI is InChI=1S/C8H7BrN2S/c1-5-6(2-10-11-5)7-3-12-4-8(7)9/h2-4H,1H3,(H,10,11). The zero-order valence-electron chi connectivity index (χ0n) is 6.47. The molecule has 0 saturated carbocycles. The SMILES string of the molecule is Cc1[nH]ncc1-c1cscc1Br. The van der Waals surface area contributed by atoms with Crippen LogP contribution in [0, 0.1) is 6.92 Å². The lowest BCUT2D eigenvalue weighted by atomic mass is 10.1. The predicted molar refractivity (Wildman–Crippen MR) is 54.3 cm³/mol. The van der Waals surface area contributed by atoms with E-state index in [1.807, 2.05) is 13.1 Å². The number of nitrogens with one attached hydrogen (secondary N) is 1. The minimum absolute atomic E-state index is 1.11. The van der Waals surface area contributed by atoms with Crippen molar-refractivity contribution in [2.75, 3.05) is 0 Å². The molecular weight excluding hydrogens is 236 g/mol. The fourth-order valence-corrected chi connectivity index (χ4v) is 2.60. The third-order valence-electron chi connectivity index (χ3n) is 1.73. The van der Waals surface area contributed by atoms with Crippen molar-refractivity contribution in [2.45, 2.75) is 6.92 Å². The van der Waals surface area contributed by atoms with E-state index in [4.69, 9.17) is 0 Å². The van der Waals surface area contributed by atoms with Crippen LogP contribution in [0.25, 0.3) is 11.1 Å². The summed E-state index contributed by atoms with van der Waals surface area (Å²) in [7, 11) is 0. The van der Waals surface area contributed by atoms with Gasteiger partial charge in [0.15, 0.2) is 0 Å². The molecule has 0 amide bonds. The Morgan fingerprint density at radius 2 is 2.25 bits per heavy atom. The van der Waals surface area contributed by atoms with Gasteiger partial charge in [0.1, 0.15) is 0 Å². The third kappa shape index (κ3) is 1.21. The number of aromatic nitrogens is 2. The number of halogens is 1. The Morgan fingerprint density at radius 1 is 1.42 bits per heavy atom. The second kappa shape index (κ2) is 3.03. The summed E-state index contributed by atoms with van der Waals surface area (Å²) in [6.45, 7) is 2.02. The summed E-state index contributed by atoms with van der Waals surface area (Å²) in [6, 6.07) is 0. The molecule has 2 rings (SSSR count). The first-order valence-electron chi connectivity index (χ1n) is 3.51. The van der Waals surface area contributed by atoms with E-state index in [0.717, 1.165) is 10.2 Å². The lowest BCUT2D eigenvalue weighted by Crippen LogP contribution is -1.75. The first-order valence-corrected chi connectivity index (χ1v) is 5.24. The zero-order valence-corrected chi connectivity index (χ0v) is 8.87. The Bertz CT molecular complexity index is 353. The van der Waals surface area contributed by atoms with Crippen LogP contribution < -0.4 is 0 Å². The summed E-state index contributed by atoms with van der Waals surface area (Å²) in [4.78, 5) is 0. The fraction of sp³-hybridized carbons (Fsp3) is 0.125. The molecule has 2 nitrogen and oxygen atoms in total. The molecule has 0 unspecified atom stereocenters. The van der Waals surface area contributed by atoms with Gasteiger partial charge in [-0.1, -0.05) is 0 Å². The monoisotopic (exact) mass is 242 g/mol. The minimum atomic E-state index is 1.11. The van der Waals surface area contributed by atoms with Crippen LogP contribution in [0.5, 0.6) is 0 Å². The second-order valence-corrected chi connectivity index (χ2v) is 4.14. The molecule has 0 radical (unpaired) electrons. The van der Waals surface area contributed by atoms with Crippen LogP contribution in [-0.2, 0) is 0 Å². The van der Waals surface area contributed by atoms with Crippen LogP contribution >= 0.6 is 27.3 Å². The zero-order chi connectivity index (χ0) is 8.55. The van der Waals surface area contributed by atoms with Crippen LogP contribution in [0.1, 0.15) is 5.69 Å². The summed E-state index contributed by atoms with van der Waals surface area (Å²) in [5.74, 6) is 0. The first kappa shape index (κ1) is 8.01. The highest BCUT2D eigenvalue weighted by Gasteiger charge is 2.07. The van der Waals surface area contributed by atoms with E-state index < -0.39 is 0 Å². The number of thiophene rings is 1. The normalized spacial score (nSPS) is 10.5. The van der Waals surface area contributed by atoms with E-state index in [-0.39, 0.29) is 0 Å². The molecule has 4 heteroatoms. The predicted octanol–water partition coefficient (Wildman–Crippen LogP) is 3.21. The van der Waals surface area contributed by atoms with E-state index in [9.17, 15) is 0 Å². The van der Waals surface area contributed by atoms with Crippen LogP contribution in [0.2, 0.25) is 0 Å². The molecular formula is C8H7BrN2S. The molecule has 0 spiro atoms. The highest BCUT2D eigenvalue weighted by atomic mass is 79.9. The minimum Gasteiger partial charge on any atom is -0.282 e. The van der Waals surface area contributed by atoms with Crippen LogP contribution in [0.3, 0.4) is 0 Å². The Kier molecular flexibility index (Phi) is 2.02. The van der Waals surface area contributed by atoms with E-state index in [1.54, 1.807) is 11.3 Å². The van der Waals surface area contributed by atoms with Gasteiger partial charge in [-0.3, -0.25) is 5.10 Å². The number of nitrogens with zero attached hydrogens (tertiary/aromatic N) is 1. The molecule has 0 fully saturated rings. The highest BCUT2D eigenvalue weighted by molar-refractivity contribution is 9.10. The van der Waals surface area contributed by atoms with Crippen molar-refractivity contribution in [1.29, 1.82) is 0 Å². The number of hydrogen-bond donors (Lipinski definition) is 1. The maximum atomic E-state index is 3.98. The molecule has 0 aliphatic heterocycles. The van der Waals surface area contributed by atoms with Gasteiger partial charge in [-0.15, -0.1) is 0 Å². The van der Waals surface area contributed by atoms with E-state index in [2.05, 4.69) is 36.9 Å². The average Bonchev–Trinajstić information content (AvgIpc) is 2.59. The maximum absolute atomic E-state index is 3.98. The summed E-state index contributed by atoms with van der Waals surface area (Å²) in [6.07, 6.45) is 1.85. The molecule has 0 aliphatic rings. The first-order chi connectivity index (χ1) is 5.79. The lowest BCUT2D eigenvalue weighted by Gasteiger charge is -1.94. The van der Waals surface area contributed by atoms with Gasteiger partial charge < -0.3 is 0 Å². The van der Waals surface area contributed by atoms with E-state index >= 15 is 0 Å². The number of aryl methyl sites for hydroxylation is 1. The van der Waals surface area contributed by atoms with Crippen molar-refractivity contribution >= 4 is 27.3 Å². The molecule has 62 valence electrons. The smallest absolute Gasteiger partial charge is 0.0569 e. The van der Waals surface area contributed by atoms with Crippen molar-refractivity contribution in [2.24, 2.45) is 0 Å². The molecule has 2 aromatic rings. The van der Waals surface area contributed by atoms with Crippen molar-refractivity contribution in [1.82, 2.24) is 10.2 Å². The Balaban J connectivity index is 2.57. The largest absolute Gasteiger partial charge is 0.282 e. The number of hydrogen-bond acceptors (Lipinski definition) is 2. The summed E-state index contributed by atoms with van der Waals surface area (Å²) in [5, 5.41) is 11.1. The summed E-state index contributed by atoms with van der Waals surface area (Å²) >= 11 is 5.18. The Labute approximate surface area is 82.8 Å². The average molecular weight is 243 g/mol. The van der Waals surface area contributed by atoms with Crippen LogP contribution in [0.4, 0.5) is 0 Å². The van der Waals surface area contributed by atoms with Gasteiger partial charge in [0.2, 0.25) is 0 Å². The molecule has 0 bridgehead atoms. The second-order valence-electron chi connectivity index (χ2n) is 2.54. The van der Waals surface area contributed by atoms with Gasteiger partial charge in [0, 0.05) is 26.7 Å². The van der Waals surface area contributed by atoms with Crippen LogP contribution in [-0.4, -0.2) is 10.2 Å². The summed E-state index contributed by atoms with van der Waals surface area (Å²) < 4.78 is 1.14. The molecule has 0 atom stereocenters. The third-order valence-corrected chi connectivity index (χ3v) is 3.44. The number of rotatable bonds is 1. The topological polar surface area (TPSA) is 28.7 Å². The van der Waals surface area contributed by atoms with Crippen molar-refractivity contribution in [3.63, 3.8) is 0 Å². The van der Waals surface area contributed by atoms with Gasteiger partial charge in [-0.2, -0.15) is 16.4 Å². The summed E-state index contributed by atoms with van der Waals surface area (Å²) in [5.41, 5.74) is 3.49. The maximum Gasteiger partial charge on any atom is 0.0569 e. The van der Waals surface area contributed by atoms with Crippen molar-refractivity contribution < 1.29 is 0 Å². The van der Waals surface area contributed by atoms with Gasteiger partial charge in [-0.05, 0) is 28.2 Å². The molecule has 0 saturated heterocycles. The molecule has 0 aliphatic carbocycles. The van der Waals surface area contributed by atoms with Crippen molar-refractivity contribution in [3.05, 3.63) is 27.1 Å². The molecule has 12 heavy (non-hydrogen) atoms. The quantitative estimate of drug-likeness (QED) is 0.818. The molecule has 2 heterocycles. The number of aromatic amines is 1.